The molecule has 1 aliphatic rings. The average molecular weight is 269 g/mol. The van der Waals surface area contributed by atoms with Crippen LogP contribution >= 0.6 is 11.6 Å². The molecule has 1 aliphatic carbocycles. The fourth-order valence-corrected chi connectivity index (χ4v) is 2.07. The zero-order valence-corrected chi connectivity index (χ0v) is 11.4. The molecule has 1 saturated carbocycles. The van der Waals surface area contributed by atoms with Crippen molar-refractivity contribution in [1.82, 2.24) is 0 Å². The van der Waals surface area contributed by atoms with Gasteiger partial charge in [0.25, 0.3) is 0 Å². The van der Waals surface area contributed by atoms with Crippen LogP contribution in [0.5, 0.6) is 11.5 Å². The fraction of sp³-hybridized carbons (Fsp3) is 0.500. The van der Waals surface area contributed by atoms with Crippen LogP contribution in [0.15, 0.2) is 12.1 Å². The van der Waals surface area contributed by atoms with Crippen LogP contribution in [0.2, 0.25) is 5.02 Å². The molecule has 4 heteroatoms. The molecule has 1 aromatic rings. The second-order valence-electron chi connectivity index (χ2n) is 4.65. The van der Waals surface area contributed by atoms with Crippen molar-refractivity contribution >= 4 is 17.9 Å². The number of rotatable bonds is 6. The van der Waals surface area contributed by atoms with Gasteiger partial charge >= 0.3 is 0 Å². The number of carbonyl (C=O) groups excluding carboxylic acids is 1. The largest absolute Gasteiger partial charge is 0.493 e. The van der Waals surface area contributed by atoms with E-state index in [0.717, 1.165) is 30.4 Å². The van der Waals surface area contributed by atoms with Crippen LogP contribution in [0.3, 0.4) is 0 Å². The van der Waals surface area contributed by atoms with Crippen molar-refractivity contribution in [3.63, 3.8) is 0 Å². The molecule has 1 aromatic carbocycles. The third-order valence-corrected chi connectivity index (χ3v) is 3.28. The highest BCUT2D eigenvalue weighted by molar-refractivity contribution is 6.30. The van der Waals surface area contributed by atoms with E-state index >= 15 is 0 Å². The SMILES string of the molecule is COc1cc(Cl)cc(C(C)CC=O)c1OC1CC1. The Morgan fingerprint density at radius 1 is 1.50 bits per heavy atom. The second kappa shape index (κ2) is 5.61. The summed E-state index contributed by atoms with van der Waals surface area (Å²) in [7, 11) is 1.60. The summed E-state index contributed by atoms with van der Waals surface area (Å²) in [6, 6.07) is 3.60. The van der Waals surface area contributed by atoms with Crippen LogP contribution in [-0.4, -0.2) is 19.5 Å². The quantitative estimate of drug-likeness (QED) is 0.740. The predicted octanol–water partition coefficient (Wildman–Crippen LogP) is 3.58. The maximum Gasteiger partial charge on any atom is 0.165 e. The third-order valence-electron chi connectivity index (χ3n) is 3.06. The topological polar surface area (TPSA) is 35.5 Å². The van der Waals surface area contributed by atoms with E-state index < -0.39 is 0 Å². The molecule has 0 aliphatic heterocycles. The Kier molecular flexibility index (Phi) is 4.12. The molecule has 0 heterocycles. The van der Waals surface area contributed by atoms with Crippen LogP contribution < -0.4 is 9.47 Å². The summed E-state index contributed by atoms with van der Waals surface area (Å²) >= 11 is 6.07. The minimum atomic E-state index is 0.0730. The van der Waals surface area contributed by atoms with Crippen molar-refractivity contribution in [2.45, 2.75) is 38.2 Å². The Morgan fingerprint density at radius 2 is 2.22 bits per heavy atom. The minimum absolute atomic E-state index is 0.0730. The summed E-state index contributed by atoms with van der Waals surface area (Å²) in [5.41, 5.74) is 0.943. The highest BCUT2D eigenvalue weighted by Gasteiger charge is 2.27. The molecule has 1 unspecified atom stereocenters. The Morgan fingerprint density at radius 3 is 2.78 bits per heavy atom. The molecule has 0 saturated heterocycles. The summed E-state index contributed by atoms with van der Waals surface area (Å²) < 4.78 is 11.2. The summed E-state index contributed by atoms with van der Waals surface area (Å²) in [6.45, 7) is 1.99. The van der Waals surface area contributed by atoms with Crippen LogP contribution in [0.25, 0.3) is 0 Å². The van der Waals surface area contributed by atoms with Crippen molar-refractivity contribution in [2.24, 2.45) is 0 Å². The Bertz CT molecular complexity index is 441. The molecular weight excluding hydrogens is 252 g/mol. The molecular formula is C14H17ClO3. The van der Waals surface area contributed by atoms with Gasteiger partial charge in [0.05, 0.1) is 13.2 Å². The molecule has 1 atom stereocenters. The molecule has 98 valence electrons. The van der Waals surface area contributed by atoms with Gasteiger partial charge in [-0.1, -0.05) is 18.5 Å². The van der Waals surface area contributed by atoms with Gasteiger partial charge in [0, 0.05) is 23.1 Å². The zero-order valence-electron chi connectivity index (χ0n) is 10.6. The summed E-state index contributed by atoms with van der Waals surface area (Å²) in [5, 5.41) is 0.600. The van der Waals surface area contributed by atoms with Gasteiger partial charge in [-0.05, 0) is 24.8 Å². The lowest BCUT2D eigenvalue weighted by atomic mass is 9.97. The van der Waals surface area contributed by atoms with Crippen molar-refractivity contribution in [3.8, 4) is 11.5 Å². The van der Waals surface area contributed by atoms with Crippen molar-refractivity contribution in [2.75, 3.05) is 7.11 Å². The van der Waals surface area contributed by atoms with E-state index in [2.05, 4.69) is 0 Å². The molecule has 0 amide bonds. The normalized spacial score (nSPS) is 16.2. The number of aldehydes is 1. The molecule has 0 N–H and O–H groups in total. The molecule has 18 heavy (non-hydrogen) atoms. The van der Waals surface area contributed by atoms with Gasteiger partial charge < -0.3 is 14.3 Å². The molecule has 0 radical (unpaired) electrons. The molecule has 0 bridgehead atoms. The second-order valence-corrected chi connectivity index (χ2v) is 5.08. The van der Waals surface area contributed by atoms with E-state index in [-0.39, 0.29) is 12.0 Å². The summed E-state index contributed by atoms with van der Waals surface area (Å²) in [6.07, 6.45) is 3.80. The van der Waals surface area contributed by atoms with E-state index in [9.17, 15) is 4.79 Å². The monoisotopic (exact) mass is 268 g/mol. The highest BCUT2D eigenvalue weighted by atomic mass is 35.5. The highest BCUT2D eigenvalue weighted by Crippen LogP contribution is 2.42. The van der Waals surface area contributed by atoms with Gasteiger partial charge in [-0.3, -0.25) is 0 Å². The lowest BCUT2D eigenvalue weighted by molar-refractivity contribution is -0.108. The van der Waals surface area contributed by atoms with E-state index in [1.807, 2.05) is 13.0 Å². The zero-order chi connectivity index (χ0) is 13.1. The van der Waals surface area contributed by atoms with Crippen molar-refractivity contribution in [1.29, 1.82) is 0 Å². The van der Waals surface area contributed by atoms with E-state index in [4.69, 9.17) is 21.1 Å². The van der Waals surface area contributed by atoms with Gasteiger partial charge in [0.15, 0.2) is 11.5 Å². The van der Waals surface area contributed by atoms with Crippen LogP contribution in [0.4, 0.5) is 0 Å². The van der Waals surface area contributed by atoms with E-state index in [0.29, 0.717) is 17.2 Å². The smallest absolute Gasteiger partial charge is 0.165 e. The van der Waals surface area contributed by atoms with Crippen molar-refractivity contribution < 1.29 is 14.3 Å². The maximum absolute atomic E-state index is 10.7. The van der Waals surface area contributed by atoms with Crippen molar-refractivity contribution in [3.05, 3.63) is 22.7 Å². The summed E-state index contributed by atoms with van der Waals surface area (Å²) in [4.78, 5) is 10.7. The third kappa shape index (κ3) is 2.96. The Balaban J connectivity index is 2.38. The van der Waals surface area contributed by atoms with Crippen LogP contribution in [-0.2, 0) is 4.79 Å². The van der Waals surface area contributed by atoms with Gasteiger partial charge in [-0.15, -0.1) is 0 Å². The fourth-order valence-electron chi connectivity index (χ4n) is 1.86. The number of benzene rings is 1. The number of hydrogen-bond acceptors (Lipinski definition) is 3. The van der Waals surface area contributed by atoms with Crippen LogP contribution in [0.1, 0.15) is 37.7 Å². The van der Waals surface area contributed by atoms with Gasteiger partial charge in [0.2, 0.25) is 0 Å². The first-order valence-electron chi connectivity index (χ1n) is 6.13. The average Bonchev–Trinajstić information content (AvgIpc) is 3.15. The lowest BCUT2D eigenvalue weighted by Gasteiger charge is -2.18. The molecule has 3 nitrogen and oxygen atoms in total. The minimum Gasteiger partial charge on any atom is -0.493 e. The Hall–Kier alpha value is -1.22. The maximum atomic E-state index is 10.7. The molecule has 2 rings (SSSR count). The van der Waals surface area contributed by atoms with E-state index in [1.165, 1.54) is 0 Å². The van der Waals surface area contributed by atoms with Gasteiger partial charge in [-0.2, -0.15) is 0 Å². The molecule has 0 aromatic heterocycles. The predicted molar refractivity (Wildman–Crippen MR) is 70.8 cm³/mol. The first kappa shape index (κ1) is 13.2. The number of methoxy groups -OCH3 is 1. The first-order valence-corrected chi connectivity index (χ1v) is 6.51. The van der Waals surface area contributed by atoms with Crippen LogP contribution in [0, 0.1) is 0 Å². The Labute approximate surface area is 112 Å². The number of carbonyl (C=O) groups is 1. The summed E-state index contributed by atoms with van der Waals surface area (Å²) in [5.74, 6) is 1.45. The lowest BCUT2D eigenvalue weighted by Crippen LogP contribution is -2.05. The number of hydrogen-bond donors (Lipinski definition) is 0. The van der Waals surface area contributed by atoms with Gasteiger partial charge in [-0.25, -0.2) is 0 Å². The number of halogens is 1. The number of ether oxygens (including phenoxy) is 2. The van der Waals surface area contributed by atoms with Gasteiger partial charge in [0.1, 0.15) is 6.29 Å². The molecule has 1 fully saturated rings. The standard InChI is InChI=1S/C14H17ClO3/c1-9(5-6-16)12-7-10(15)8-13(17-2)14(12)18-11-3-4-11/h6-9,11H,3-5H2,1-2H3. The first-order chi connectivity index (χ1) is 8.65. The van der Waals surface area contributed by atoms with E-state index in [1.54, 1.807) is 13.2 Å². The molecule has 0 spiro atoms.